The maximum atomic E-state index is 13.7. The van der Waals surface area contributed by atoms with E-state index in [2.05, 4.69) is 114 Å². The van der Waals surface area contributed by atoms with Gasteiger partial charge in [0.15, 0.2) is 0 Å². The molecule has 374 valence electrons. The molecule has 13 heteroatoms. The second-order valence-electron chi connectivity index (χ2n) is 22.9. The van der Waals surface area contributed by atoms with Gasteiger partial charge in [0.05, 0.1) is 30.6 Å². The van der Waals surface area contributed by atoms with Gasteiger partial charge in [0, 0.05) is 134 Å². The van der Waals surface area contributed by atoms with Gasteiger partial charge in [0.1, 0.15) is 23.7 Å². The number of likely N-dealkylation sites (tertiary alicyclic amines) is 1. The Labute approximate surface area is 424 Å². The number of nitrogens with one attached hydrogen (secondary N) is 1. The maximum absolute atomic E-state index is 13.7. The smallest absolute Gasteiger partial charge is 0.251 e. The molecular formula is C59H69N9O4. The van der Waals surface area contributed by atoms with Crippen LogP contribution in [-0.2, 0) is 24.8 Å². The van der Waals surface area contributed by atoms with Crippen LogP contribution in [0.25, 0.3) is 33.2 Å². The summed E-state index contributed by atoms with van der Waals surface area (Å²) in [4.78, 5) is 33.7. The number of anilines is 1. The van der Waals surface area contributed by atoms with Crippen molar-refractivity contribution in [3.05, 3.63) is 113 Å². The van der Waals surface area contributed by atoms with Gasteiger partial charge in [-0.3, -0.25) is 19.0 Å². The van der Waals surface area contributed by atoms with E-state index in [1.807, 2.05) is 35.0 Å². The summed E-state index contributed by atoms with van der Waals surface area (Å²) in [7, 11) is 3.51. The normalized spacial score (nSPS) is 21.7. The number of carbonyl (C=O) groups is 2. The molecule has 5 heterocycles. The lowest BCUT2D eigenvalue weighted by Crippen LogP contribution is -2.74. The van der Waals surface area contributed by atoms with Crippen LogP contribution in [0.3, 0.4) is 0 Å². The number of nitrogens with zero attached hydrogens (tertiary/aromatic N) is 8. The molecule has 0 atom stereocenters. The van der Waals surface area contributed by atoms with Crippen LogP contribution in [-0.4, -0.2) is 99.2 Å². The molecule has 2 saturated heterocycles. The number of carbonyl (C=O) groups excluding carboxylic acids is 2. The third-order valence-electron chi connectivity index (χ3n) is 17.6. The van der Waals surface area contributed by atoms with Crippen molar-refractivity contribution in [2.45, 2.75) is 117 Å². The largest absolute Gasteiger partial charge is 0.495 e. The lowest BCUT2D eigenvalue weighted by atomic mass is 9.49. The highest BCUT2D eigenvalue weighted by Gasteiger charge is 2.64. The summed E-state index contributed by atoms with van der Waals surface area (Å²) < 4.78 is 16.1. The average molecular weight is 968 g/mol. The number of methoxy groups -OCH3 is 1. The van der Waals surface area contributed by atoms with Gasteiger partial charge in [-0.25, -0.2) is 0 Å². The first-order valence-corrected chi connectivity index (χ1v) is 26.1. The lowest BCUT2D eigenvalue weighted by Gasteiger charge is -2.63. The van der Waals surface area contributed by atoms with E-state index >= 15 is 0 Å². The molecule has 0 radical (unpaired) electrons. The van der Waals surface area contributed by atoms with Crippen LogP contribution in [0.1, 0.15) is 112 Å². The molecule has 3 aliphatic heterocycles. The van der Waals surface area contributed by atoms with E-state index in [0.29, 0.717) is 46.7 Å². The number of amides is 2. The Bertz CT molecular complexity index is 3080. The van der Waals surface area contributed by atoms with Crippen LogP contribution in [0.2, 0.25) is 0 Å². The topological polar surface area (TPSA) is 134 Å². The minimum atomic E-state index is -0.333. The number of fused-ring (bicyclic) bond motifs is 2. The fourth-order valence-electron chi connectivity index (χ4n) is 13.9. The zero-order valence-electron chi connectivity index (χ0n) is 43.3. The molecule has 0 unspecified atom stereocenters. The third-order valence-corrected chi connectivity index (χ3v) is 17.6. The minimum Gasteiger partial charge on any atom is -0.495 e. The summed E-state index contributed by atoms with van der Waals surface area (Å²) in [5, 5.41) is 25.1. The first-order chi connectivity index (χ1) is 34.5. The van der Waals surface area contributed by atoms with Gasteiger partial charge in [-0.2, -0.15) is 15.5 Å². The Morgan fingerprint density at radius 1 is 0.875 bits per heavy atom. The molecule has 11 rings (SSSR count). The zero-order valence-corrected chi connectivity index (χ0v) is 43.3. The number of ether oxygens (including phenoxy) is 2. The molecule has 6 aromatic rings. The summed E-state index contributed by atoms with van der Waals surface area (Å²) in [6.45, 7) is 18.0. The summed E-state index contributed by atoms with van der Waals surface area (Å²) >= 11 is 0. The maximum Gasteiger partial charge on any atom is 0.251 e. The van der Waals surface area contributed by atoms with Crippen molar-refractivity contribution in [3.63, 3.8) is 0 Å². The number of piperidine rings is 1. The number of nitriles is 1. The van der Waals surface area contributed by atoms with Gasteiger partial charge in [-0.05, 0) is 110 Å². The fourth-order valence-corrected chi connectivity index (χ4v) is 13.9. The lowest BCUT2D eigenvalue weighted by molar-refractivity contribution is -0.164. The number of rotatable bonds is 10. The van der Waals surface area contributed by atoms with Gasteiger partial charge in [-0.1, -0.05) is 52.0 Å². The highest BCUT2D eigenvalue weighted by molar-refractivity contribution is 5.99. The van der Waals surface area contributed by atoms with Gasteiger partial charge >= 0.3 is 0 Å². The summed E-state index contributed by atoms with van der Waals surface area (Å²) in [5.41, 5.74) is 10.2. The Morgan fingerprint density at radius 2 is 1.61 bits per heavy atom. The van der Waals surface area contributed by atoms with Gasteiger partial charge in [0.2, 0.25) is 5.91 Å². The van der Waals surface area contributed by atoms with E-state index in [1.165, 1.54) is 64.5 Å². The highest BCUT2D eigenvalue weighted by atomic mass is 16.5. The van der Waals surface area contributed by atoms with E-state index in [9.17, 15) is 14.9 Å². The predicted molar refractivity (Wildman–Crippen MR) is 281 cm³/mol. The number of hydrogen-bond acceptors (Lipinski definition) is 9. The van der Waals surface area contributed by atoms with Gasteiger partial charge in [-0.15, -0.1) is 0 Å². The molecule has 13 nitrogen and oxygen atoms in total. The highest BCUT2D eigenvalue weighted by Crippen LogP contribution is 2.56. The molecule has 2 aromatic heterocycles. The monoisotopic (exact) mass is 968 g/mol. The molecule has 4 fully saturated rings. The van der Waals surface area contributed by atoms with Crippen LogP contribution in [0.5, 0.6) is 11.5 Å². The Morgan fingerprint density at radius 3 is 2.28 bits per heavy atom. The standard InChI is InChI=1S/C59H69N9O4/c1-37-28-49-40(29-48(37)42-32-61-64(7)33-42)10-9-11-47(49)53-50-34-66(38(2)69)27-22-51(50)68(63-53)45-20-25-65(26-21-45)44-18-23-59(24-19-44)35-67(36-59)43-15-12-39(13-16-43)54(70)62-55-57(3,4)56(58(55,5)6)72-46-17-14-41(31-60)52(30-46)71-8/h9-17,28-30,32-33,44-45,55-56H,18-27,34-36H2,1-8H3,(H,62,70). The first kappa shape index (κ1) is 47.7. The van der Waals surface area contributed by atoms with E-state index in [4.69, 9.17) is 14.6 Å². The number of aryl methyl sites for hydroxylation is 2. The first-order valence-electron chi connectivity index (χ1n) is 26.1. The molecule has 72 heavy (non-hydrogen) atoms. The van der Waals surface area contributed by atoms with Crippen LogP contribution >= 0.6 is 0 Å². The van der Waals surface area contributed by atoms with Crippen molar-refractivity contribution in [2.75, 3.05) is 44.7 Å². The Hall–Kier alpha value is -6.65. The third kappa shape index (κ3) is 8.29. The number of benzene rings is 4. The quantitative estimate of drug-likeness (QED) is 0.142. The second kappa shape index (κ2) is 18.1. The van der Waals surface area contributed by atoms with E-state index in [1.54, 1.807) is 32.2 Å². The molecule has 4 aromatic carbocycles. The fraction of sp³-hybridized carbons (Fsp3) is 0.475. The number of hydrogen-bond donors (Lipinski definition) is 1. The van der Waals surface area contributed by atoms with Crippen molar-refractivity contribution in [3.8, 4) is 40.0 Å². The Kier molecular flexibility index (Phi) is 12.0. The van der Waals surface area contributed by atoms with Crippen LogP contribution in [0.15, 0.2) is 85.2 Å². The average Bonchev–Trinajstić information content (AvgIpc) is 3.99. The van der Waals surface area contributed by atoms with Crippen molar-refractivity contribution in [1.29, 1.82) is 5.26 Å². The molecule has 0 bridgehead atoms. The van der Waals surface area contributed by atoms with Crippen molar-refractivity contribution in [1.82, 2.24) is 34.7 Å². The predicted octanol–water partition coefficient (Wildman–Crippen LogP) is 9.90. The van der Waals surface area contributed by atoms with Gasteiger partial charge in [0.25, 0.3) is 5.91 Å². The zero-order chi connectivity index (χ0) is 50.3. The van der Waals surface area contributed by atoms with E-state index in [-0.39, 0.29) is 34.8 Å². The number of aromatic nitrogens is 4. The van der Waals surface area contributed by atoms with Crippen molar-refractivity contribution < 1.29 is 19.1 Å². The molecule has 1 N–H and O–H groups in total. The molecule has 5 aliphatic rings. The molecule has 2 aliphatic carbocycles. The summed E-state index contributed by atoms with van der Waals surface area (Å²) in [6, 6.07) is 27.6. The van der Waals surface area contributed by atoms with Gasteiger partial charge < -0.3 is 29.5 Å². The minimum absolute atomic E-state index is 0.0734. The van der Waals surface area contributed by atoms with Crippen LogP contribution < -0.4 is 19.7 Å². The molecular weight excluding hydrogens is 899 g/mol. The van der Waals surface area contributed by atoms with E-state index < -0.39 is 0 Å². The van der Waals surface area contributed by atoms with Crippen molar-refractivity contribution in [2.24, 2.45) is 23.3 Å². The van der Waals surface area contributed by atoms with Crippen LogP contribution in [0, 0.1) is 34.5 Å². The van der Waals surface area contributed by atoms with Crippen LogP contribution in [0.4, 0.5) is 5.69 Å². The Balaban J connectivity index is 0.693. The second-order valence-corrected chi connectivity index (χ2v) is 22.9. The van der Waals surface area contributed by atoms with Crippen molar-refractivity contribution >= 4 is 28.3 Å². The molecule has 2 amide bonds. The van der Waals surface area contributed by atoms with E-state index in [0.717, 1.165) is 68.8 Å². The molecule has 2 saturated carbocycles. The SMILES string of the molecule is COc1cc(OC2C(C)(C)C(NC(=O)c3ccc(N4CC5(CCC(N6CCC(n7nc(-c8cccc9cc(-c%10cnn(C)c%10)c(C)cc89)c8c7CCN(C(C)=O)C8)CC6)CC5)C4)cc3)C2(C)C)ccc1C#N. The summed E-state index contributed by atoms with van der Waals surface area (Å²) in [6.07, 6.45) is 11.8. The molecule has 1 spiro atoms. The summed E-state index contributed by atoms with van der Waals surface area (Å²) in [5.74, 6) is 1.17.